The molecule has 174 valence electrons. The normalized spacial score (nSPS) is 10.6. The summed E-state index contributed by atoms with van der Waals surface area (Å²) >= 11 is 5.33. The van der Waals surface area contributed by atoms with Crippen LogP contribution in [0.5, 0.6) is 5.75 Å². The second-order valence-corrected chi connectivity index (χ2v) is 8.77. The van der Waals surface area contributed by atoms with Crippen molar-refractivity contribution in [2.75, 3.05) is 5.75 Å². The molecule has 0 unspecified atom stereocenters. The third-order valence-electron chi connectivity index (χ3n) is 4.37. The zero-order valence-electron chi connectivity index (χ0n) is 18.4. The van der Waals surface area contributed by atoms with Crippen molar-refractivity contribution in [3.05, 3.63) is 69.6 Å². The Bertz CT molecular complexity index is 1020. The van der Waals surface area contributed by atoms with Crippen LogP contribution in [0.3, 0.4) is 0 Å². The van der Waals surface area contributed by atoms with Gasteiger partial charge in [0.15, 0.2) is 5.12 Å². The lowest BCUT2D eigenvalue weighted by molar-refractivity contribution is -0.121. The number of benzene rings is 2. The molecule has 0 heterocycles. The molecule has 0 aliphatic carbocycles. The fraction of sp³-hybridized carbons (Fsp3) is 0.348. The van der Waals surface area contributed by atoms with Gasteiger partial charge in [0.05, 0.1) is 6.21 Å². The molecule has 2 rings (SSSR count). The topological polar surface area (TPSA) is 117 Å². The molecule has 0 radical (unpaired) electrons. The zero-order valence-corrected chi connectivity index (χ0v) is 20.1. The summed E-state index contributed by atoms with van der Waals surface area (Å²) < 4.78 is 5.89. The Morgan fingerprint density at radius 2 is 2.03 bits per heavy atom. The van der Waals surface area contributed by atoms with E-state index < -0.39 is 0 Å². The second-order valence-electron chi connectivity index (χ2n) is 7.17. The monoisotopic (exact) mass is 485 g/mol. The lowest BCUT2D eigenvalue weighted by Crippen LogP contribution is -2.16. The summed E-state index contributed by atoms with van der Waals surface area (Å²) in [7, 11) is 0. The van der Waals surface area contributed by atoms with Crippen molar-refractivity contribution in [3.63, 3.8) is 0 Å². The van der Waals surface area contributed by atoms with Crippen molar-refractivity contribution in [3.8, 4) is 5.75 Å². The van der Waals surface area contributed by atoms with E-state index in [1.54, 1.807) is 18.3 Å². The molecule has 1 N–H and O–H groups in total. The van der Waals surface area contributed by atoms with E-state index in [9.17, 15) is 9.59 Å². The fourth-order valence-corrected chi connectivity index (χ4v) is 3.60. The summed E-state index contributed by atoms with van der Waals surface area (Å²) in [5, 5.41) is 7.68. The lowest BCUT2D eigenvalue weighted by atomic mass is 10.1. The number of nitrogens with one attached hydrogen (secondary N) is 1. The number of azide groups is 1. The van der Waals surface area contributed by atoms with Gasteiger partial charge in [-0.15, -0.1) is 0 Å². The molecule has 2 aromatic rings. The summed E-state index contributed by atoms with van der Waals surface area (Å²) in [4.78, 5) is 25.9. The highest BCUT2D eigenvalue weighted by atomic mass is 32.2. The summed E-state index contributed by atoms with van der Waals surface area (Å²) in [6, 6.07) is 12.8. The van der Waals surface area contributed by atoms with Crippen LogP contribution in [0.25, 0.3) is 10.4 Å². The number of amides is 1. The molecular weight excluding hydrogens is 458 g/mol. The third kappa shape index (κ3) is 11.0. The molecule has 0 fully saturated rings. The molecule has 0 saturated carbocycles. The van der Waals surface area contributed by atoms with Crippen molar-refractivity contribution < 1.29 is 14.3 Å². The van der Waals surface area contributed by atoms with Gasteiger partial charge in [0, 0.05) is 29.7 Å². The number of rotatable bonds is 13. The SMILES string of the molecule is CC(=O)SCc1cc(N=[N+]=[N-])cc(OCc2cccc(/C=N/NC(=O)CCCCCS)c2)c1. The number of hydrazone groups is 1. The third-order valence-corrected chi connectivity index (χ3v) is 5.58. The quantitative estimate of drug-likeness (QED) is 0.0696. The predicted octanol–water partition coefficient (Wildman–Crippen LogP) is 5.93. The van der Waals surface area contributed by atoms with Gasteiger partial charge >= 0.3 is 0 Å². The number of carbonyl (C=O) groups is 2. The van der Waals surface area contributed by atoms with E-state index in [4.69, 9.17) is 10.3 Å². The maximum Gasteiger partial charge on any atom is 0.240 e. The lowest BCUT2D eigenvalue weighted by Gasteiger charge is -2.10. The molecule has 0 spiro atoms. The van der Waals surface area contributed by atoms with Crippen LogP contribution in [0.1, 0.15) is 49.3 Å². The van der Waals surface area contributed by atoms with E-state index in [-0.39, 0.29) is 17.6 Å². The molecule has 1 amide bonds. The Hall–Kier alpha value is -2.94. The van der Waals surface area contributed by atoms with E-state index in [1.807, 2.05) is 30.3 Å². The molecule has 2 aromatic carbocycles. The number of hydrogen-bond donors (Lipinski definition) is 2. The van der Waals surface area contributed by atoms with Crippen LogP contribution in [0.2, 0.25) is 0 Å². The Labute approximate surface area is 203 Å². The molecular formula is C23H27N5O3S2. The molecule has 0 saturated heterocycles. The molecule has 0 bridgehead atoms. The van der Waals surface area contributed by atoms with Gasteiger partial charge in [0.2, 0.25) is 5.91 Å². The average Bonchev–Trinajstić information content (AvgIpc) is 2.80. The highest BCUT2D eigenvalue weighted by Gasteiger charge is 2.05. The van der Waals surface area contributed by atoms with Gasteiger partial charge in [0.25, 0.3) is 0 Å². The van der Waals surface area contributed by atoms with Gasteiger partial charge in [-0.3, -0.25) is 9.59 Å². The van der Waals surface area contributed by atoms with Crippen molar-refractivity contribution in [2.24, 2.45) is 10.2 Å². The van der Waals surface area contributed by atoms with Crippen LogP contribution >= 0.6 is 24.4 Å². The van der Waals surface area contributed by atoms with Gasteiger partial charge < -0.3 is 4.74 Å². The standard InChI is InChI=1S/C23H27N5O3S2/c1-17(29)33-16-20-11-21(26-28-24)13-22(12-20)31-15-19-7-5-6-18(10-19)14-25-27-23(30)8-3-2-4-9-32/h5-7,10-14,32H,2-4,8-9,15-16H2,1H3,(H,27,30)/b25-14+. The Morgan fingerprint density at radius 1 is 1.18 bits per heavy atom. The van der Waals surface area contributed by atoms with Crippen molar-refractivity contribution in [1.29, 1.82) is 0 Å². The highest BCUT2D eigenvalue weighted by Crippen LogP contribution is 2.27. The molecule has 33 heavy (non-hydrogen) atoms. The largest absolute Gasteiger partial charge is 0.489 e. The van der Waals surface area contributed by atoms with Gasteiger partial charge in [-0.05, 0) is 65.1 Å². The second kappa shape index (κ2) is 15.0. The van der Waals surface area contributed by atoms with E-state index in [0.717, 1.165) is 41.7 Å². The molecule has 0 aliphatic rings. The van der Waals surface area contributed by atoms with E-state index in [0.29, 0.717) is 23.6 Å². The predicted molar refractivity (Wildman–Crippen MR) is 136 cm³/mol. The van der Waals surface area contributed by atoms with Gasteiger partial charge in [0.1, 0.15) is 12.4 Å². The van der Waals surface area contributed by atoms with E-state index >= 15 is 0 Å². The number of hydrogen-bond acceptors (Lipinski definition) is 7. The first kappa shape index (κ1) is 26.3. The van der Waals surface area contributed by atoms with Crippen LogP contribution in [0.4, 0.5) is 5.69 Å². The maximum atomic E-state index is 11.8. The number of nitrogens with zero attached hydrogens (tertiary/aromatic N) is 4. The first-order chi connectivity index (χ1) is 16.0. The number of carbonyl (C=O) groups excluding carboxylic acids is 2. The summed E-state index contributed by atoms with van der Waals surface area (Å²) in [6.45, 7) is 1.80. The molecule has 8 nitrogen and oxygen atoms in total. The highest BCUT2D eigenvalue weighted by molar-refractivity contribution is 8.12. The summed E-state index contributed by atoms with van der Waals surface area (Å²) in [6.07, 6.45) is 4.84. The Balaban J connectivity index is 1.95. The van der Waals surface area contributed by atoms with Crippen LogP contribution < -0.4 is 10.2 Å². The first-order valence-corrected chi connectivity index (χ1v) is 12.1. The number of ether oxygens (including phenoxy) is 1. The molecule has 0 atom stereocenters. The Kier molecular flexibility index (Phi) is 12.0. The maximum absolute atomic E-state index is 11.8. The molecule has 0 aliphatic heterocycles. The van der Waals surface area contributed by atoms with E-state index in [2.05, 4.69) is 33.2 Å². The summed E-state index contributed by atoms with van der Waals surface area (Å²) in [5.74, 6) is 1.74. The van der Waals surface area contributed by atoms with Gasteiger partial charge in [-0.1, -0.05) is 41.5 Å². The minimum atomic E-state index is -0.108. The van der Waals surface area contributed by atoms with Gasteiger partial charge in [-0.2, -0.15) is 17.7 Å². The van der Waals surface area contributed by atoms with Crippen LogP contribution in [0.15, 0.2) is 52.7 Å². The average molecular weight is 486 g/mol. The smallest absolute Gasteiger partial charge is 0.240 e. The molecule has 0 aromatic heterocycles. The number of thioether (sulfide) groups is 1. The molecule has 10 heteroatoms. The van der Waals surface area contributed by atoms with Crippen LogP contribution in [-0.4, -0.2) is 23.0 Å². The number of thiol groups is 1. The zero-order chi connectivity index (χ0) is 23.9. The van der Waals surface area contributed by atoms with Crippen LogP contribution in [0, 0.1) is 0 Å². The minimum Gasteiger partial charge on any atom is -0.489 e. The van der Waals surface area contributed by atoms with Crippen molar-refractivity contribution in [1.82, 2.24) is 5.43 Å². The fourth-order valence-electron chi connectivity index (χ4n) is 2.84. The minimum absolute atomic E-state index is 0.00910. The van der Waals surface area contributed by atoms with Crippen molar-refractivity contribution in [2.45, 2.75) is 45.0 Å². The van der Waals surface area contributed by atoms with E-state index in [1.165, 1.54) is 18.7 Å². The van der Waals surface area contributed by atoms with Gasteiger partial charge in [-0.25, -0.2) is 5.43 Å². The number of unbranched alkanes of at least 4 members (excludes halogenated alkanes) is 2. The van der Waals surface area contributed by atoms with Crippen molar-refractivity contribution >= 4 is 47.3 Å². The Morgan fingerprint density at radius 3 is 2.79 bits per heavy atom. The summed E-state index contributed by atoms with van der Waals surface area (Å²) in [5.41, 5.74) is 14.3. The van der Waals surface area contributed by atoms with Crippen LogP contribution in [-0.2, 0) is 21.9 Å². The first-order valence-electron chi connectivity index (χ1n) is 10.5.